The molecule has 0 saturated carbocycles. The molecule has 3 aromatic rings. The molecule has 0 fully saturated rings. The summed E-state index contributed by atoms with van der Waals surface area (Å²) in [5.74, 6) is -0.783. The van der Waals surface area contributed by atoms with Gasteiger partial charge in [0.2, 0.25) is 0 Å². The molecule has 0 unspecified atom stereocenters. The molecule has 2 aromatic carbocycles. The molecule has 8 heteroatoms. The van der Waals surface area contributed by atoms with Crippen molar-refractivity contribution in [1.82, 2.24) is 10.4 Å². The Labute approximate surface area is 160 Å². The third kappa shape index (κ3) is 4.07. The van der Waals surface area contributed by atoms with Crippen molar-refractivity contribution in [3.05, 3.63) is 76.1 Å². The van der Waals surface area contributed by atoms with Gasteiger partial charge in [0, 0.05) is 19.7 Å². The van der Waals surface area contributed by atoms with Gasteiger partial charge in [0.1, 0.15) is 11.3 Å². The fourth-order valence-electron chi connectivity index (χ4n) is 2.42. The van der Waals surface area contributed by atoms with Gasteiger partial charge in [0.05, 0.1) is 17.5 Å². The quantitative estimate of drug-likeness (QED) is 0.521. The summed E-state index contributed by atoms with van der Waals surface area (Å²) in [6.07, 6.45) is 1.18. The van der Waals surface area contributed by atoms with Crippen LogP contribution in [-0.2, 0) is 0 Å². The van der Waals surface area contributed by atoms with E-state index in [1.54, 1.807) is 43.3 Å². The maximum atomic E-state index is 12.5. The summed E-state index contributed by atoms with van der Waals surface area (Å²) in [5, 5.41) is 13.6. The first-order valence-corrected chi connectivity index (χ1v) is 8.36. The van der Waals surface area contributed by atoms with Crippen LogP contribution >= 0.6 is 0 Å². The maximum absolute atomic E-state index is 12.5. The Morgan fingerprint density at radius 1 is 1.14 bits per heavy atom. The maximum Gasteiger partial charge on any atom is 0.349 e. The van der Waals surface area contributed by atoms with Crippen molar-refractivity contribution in [2.45, 2.75) is 0 Å². The number of hydrazone groups is 1. The number of anilines is 1. The molecule has 1 amide bonds. The molecule has 142 valence electrons. The van der Waals surface area contributed by atoms with E-state index in [0.717, 1.165) is 0 Å². The van der Waals surface area contributed by atoms with Gasteiger partial charge in [-0.25, -0.2) is 10.2 Å². The number of nitrogens with zero attached hydrogens (tertiary/aromatic N) is 3. The van der Waals surface area contributed by atoms with Crippen molar-refractivity contribution < 1.29 is 14.3 Å². The van der Waals surface area contributed by atoms with Crippen LogP contribution < -0.4 is 16.0 Å². The van der Waals surface area contributed by atoms with Crippen LogP contribution in [0.15, 0.2) is 68.9 Å². The molecule has 0 aliphatic carbocycles. The highest BCUT2D eigenvalue weighted by Crippen LogP contribution is 2.21. The number of rotatable bonds is 5. The number of benzene rings is 2. The second-order valence-corrected chi connectivity index (χ2v) is 6.02. The number of carbonyl (C=O) groups is 1. The van der Waals surface area contributed by atoms with Gasteiger partial charge in [0.15, 0.2) is 0 Å². The lowest BCUT2D eigenvalue weighted by Gasteiger charge is -2.11. The molecule has 1 aromatic heterocycles. The van der Waals surface area contributed by atoms with E-state index < -0.39 is 11.5 Å². The van der Waals surface area contributed by atoms with Crippen molar-refractivity contribution in [1.29, 1.82) is 0 Å². The first-order valence-electron chi connectivity index (χ1n) is 8.36. The number of nitrogens with one attached hydrogen (secondary N) is 1. The predicted molar refractivity (Wildman–Crippen MR) is 106 cm³/mol. The molecule has 0 radical (unpaired) electrons. The largest absolute Gasteiger partial charge is 0.507 e. The highest BCUT2D eigenvalue weighted by Gasteiger charge is 2.15. The Hall–Kier alpha value is -3.94. The molecular weight excluding hydrogens is 360 g/mol. The van der Waals surface area contributed by atoms with E-state index in [-0.39, 0.29) is 22.9 Å². The predicted octanol–water partition coefficient (Wildman–Crippen LogP) is 2.24. The van der Waals surface area contributed by atoms with Crippen molar-refractivity contribution in [2.75, 3.05) is 19.0 Å². The molecule has 2 N–H and O–H groups in total. The average Bonchev–Trinajstić information content (AvgIpc) is 2.69. The fraction of sp³-hybridized carbons (Fsp3) is 0.100. The van der Waals surface area contributed by atoms with E-state index >= 15 is 0 Å². The molecule has 0 saturated heterocycles. The molecule has 0 aliphatic rings. The second-order valence-electron chi connectivity index (χ2n) is 6.02. The van der Waals surface area contributed by atoms with Crippen LogP contribution in [0.25, 0.3) is 11.3 Å². The molecular formula is C20H18N4O4. The van der Waals surface area contributed by atoms with E-state index in [0.29, 0.717) is 11.3 Å². The van der Waals surface area contributed by atoms with Crippen LogP contribution in [0.2, 0.25) is 0 Å². The minimum atomic E-state index is -0.641. The molecule has 1 heterocycles. The lowest BCUT2D eigenvalue weighted by Crippen LogP contribution is -2.21. The summed E-state index contributed by atoms with van der Waals surface area (Å²) in [6.45, 7) is 0. The number of hydrogen-bond donors (Lipinski definition) is 2. The van der Waals surface area contributed by atoms with Crippen LogP contribution in [0.4, 0.5) is 6.01 Å². The Morgan fingerprint density at radius 3 is 2.50 bits per heavy atom. The van der Waals surface area contributed by atoms with E-state index in [1.807, 2.05) is 18.2 Å². The number of para-hydroxylation sites is 1. The number of hydrogen-bond acceptors (Lipinski definition) is 7. The van der Waals surface area contributed by atoms with Crippen LogP contribution in [0.1, 0.15) is 15.9 Å². The Balaban J connectivity index is 1.95. The zero-order valence-corrected chi connectivity index (χ0v) is 15.3. The molecule has 0 spiro atoms. The van der Waals surface area contributed by atoms with Gasteiger partial charge in [0.25, 0.3) is 11.9 Å². The molecule has 0 bridgehead atoms. The van der Waals surface area contributed by atoms with Gasteiger partial charge in [-0.1, -0.05) is 42.5 Å². The lowest BCUT2D eigenvalue weighted by molar-refractivity contribution is 0.0952. The second kappa shape index (κ2) is 8.17. The van der Waals surface area contributed by atoms with Gasteiger partial charge in [-0.2, -0.15) is 10.1 Å². The van der Waals surface area contributed by atoms with Crippen LogP contribution in [-0.4, -0.2) is 36.3 Å². The topological polar surface area (TPSA) is 108 Å². The third-order valence-corrected chi connectivity index (χ3v) is 3.80. The highest BCUT2D eigenvalue weighted by molar-refractivity contribution is 5.97. The van der Waals surface area contributed by atoms with Gasteiger partial charge in [-0.05, 0) is 12.1 Å². The number of aromatic nitrogens is 1. The first kappa shape index (κ1) is 18.8. The van der Waals surface area contributed by atoms with E-state index in [1.165, 1.54) is 18.3 Å². The first-order chi connectivity index (χ1) is 13.5. The zero-order valence-electron chi connectivity index (χ0n) is 15.3. The molecule has 0 aliphatic heterocycles. The van der Waals surface area contributed by atoms with Gasteiger partial charge in [-0.3, -0.25) is 4.79 Å². The number of phenols is 1. The van der Waals surface area contributed by atoms with Crippen molar-refractivity contribution in [2.24, 2.45) is 5.10 Å². The fourth-order valence-corrected chi connectivity index (χ4v) is 2.42. The van der Waals surface area contributed by atoms with Crippen LogP contribution in [0.5, 0.6) is 5.75 Å². The van der Waals surface area contributed by atoms with Gasteiger partial charge >= 0.3 is 5.63 Å². The van der Waals surface area contributed by atoms with Crippen molar-refractivity contribution in [3.8, 4) is 17.0 Å². The Bertz CT molecular complexity index is 1080. The van der Waals surface area contributed by atoms with Crippen molar-refractivity contribution >= 4 is 18.1 Å². The van der Waals surface area contributed by atoms with Gasteiger partial charge in [-0.15, -0.1) is 0 Å². The number of aromatic hydroxyl groups is 1. The molecule has 8 nitrogen and oxygen atoms in total. The summed E-state index contributed by atoms with van der Waals surface area (Å²) in [6, 6.07) is 15.3. The Morgan fingerprint density at radius 2 is 1.82 bits per heavy atom. The molecule has 3 rings (SSSR count). The van der Waals surface area contributed by atoms with Crippen LogP contribution in [0, 0.1) is 0 Å². The lowest BCUT2D eigenvalue weighted by atomic mass is 10.1. The number of phenolic OH excluding ortho intramolecular Hbond substituents is 1. The van der Waals surface area contributed by atoms with E-state index in [9.17, 15) is 14.7 Å². The standard InChI is InChI=1S/C20H18N4O4/c1-24(2)20-22-17(13-8-4-3-5-9-13)15(19(27)28-20)12-21-23-18(26)14-10-6-7-11-16(14)25/h3-12,25H,1-2H3,(H,23,26). The SMILES string of the molecule is CN(C)c1nc(-c2ccccc2)c(C=NNC(=O)c2ccccc2O)c(=O)o1. The smallest absolute Gasteiger partial charge is 0.349 e. The summed E-state index contributed by atoms with van der Waals surface area (Å²) < 4.78 is 5.21. The molecule has 28 heavy (non-hydrogen) atoms. The van der Waals surface area contributed by atoms with E-state index in [2.05, 4.69) is 15.5 Å². The summed E-state index contributed by atoms with van der Waals surface area (Å²) in [5.41, 5.74) is 2.88. The van der Waals surface area contributed by atoms with Crippen molar-refractivity contribution in [3.63, 3.8) is 0 Å². The summed E-state index contributed by atoms with van der Waals surface area (Å²) >= 11 is 0. The minimum absolute atomic E-state index is 0.0658. The molecule has 0 atom stereocenters. The zero-order chi connectivity index (χ0) is 20.1. The summed E-state index contributed by atoms with van der Waals surface area (Å²) in [4.78, 5) is 30.6. The monoisotopic (exact) mass is 378 g/mol. The van der Waals surface area contributed by atoms with Crippen LogP contribution in [0.3, 0.4) is 0 Å². The summed E-state index contributed by atoms with van der Waals surface area (Å²) in [7, 11) is 3.42. The third-order valence-electron chi connectivity index (χ3n) is 3.80. The van der Waals surface area contributed by atoms with E-state index in [4.69, 9.17) is 4.42 Å². The van der Waals surface area contributed by atoms with Gasteiger partial charge < -0.3 is 14.4 Å². The number of amides is 1. The average molecular weight is 378 g/mol. The normalized spacial score (nSPS) is 10.8. The highest BCUT2D eigenvalue weighted by atomic mass is 16.4. The Kier molecular flexibility index (Phi) is 5.50. The number of carbonyl (C=O) groups excluding carboxylic acids is 1. The minimum Gasteiger partial charge on any atom is -0.507 e.